The summed E-state index contributed by atoms with van der Waals surface area (Å²) in [6.07, 6.45) is 2.22. The Bertz CT molecular complexity index is 1040. The Balaban J connectivity index is 1.72. The summed E-state index contributed by atoms with van der Waals surface area (Å²) in [5.74, 6) is 0.584. The van der Waals surface area contributed by atoms with Crippen LogP contribution in [0.5, 0.6) is 5.75 Å². The fraction of sp³-hybridized carbons (Fsp3) is 0.217. The lowest BCUT2D eigenvalue weighted by Gasteiger charge is -2.33. The molecule has 4 heteroatoms. The topological polar surface area (TPSA) is 55.4 Å². The Kier molecular flexibility index (Phi) is 3.54. The van der Waals surface area contributed by atoms with Crippen molar-refractivity contribution in [1.29, 1.82) is 0 Å². The van der Waals surface area contributed by atoms with Crippen LogP contribution in [0.1, 0.15) is 46.7 Å². The van der Waals surface area contributed by atoms with Gasteiger partial charge in [-0.15, -0.1) is 0 Å². The second kappa shape index (κ2) is 5.95. The highest BCUT2D eigenvalue weighted by atomic mass is 16.5. The van der Waals surface area contributed by atoms with E-state index in [2.05, 4.69) is 5.32 Å². The van der Waals surface area contributed by atoms with E-state index in [0.29, 0.717) is 17.6 Å². The van der Waals surface area contributed by atoms with Crippen LogP contribution in [0.3, 0.4) is 0 Å². The molecule has 4 nitrogen and oxygen atoms in total. The van der Waals surface area contributed by atoms with E-state index in [1.54, 1.807) is 7.11 Å². The molecule has 0 saturated carbocycles. The number of Topliss-reactive ketones (excluding diaryl/α,β-unsaturated/α-hetero) is 2. The third-order valence-electron chi connectivity index (χ3n) is 5.71. The number of methoxy groups -OCH3 is 1. The van der Waals surface area contributed by atoms with E-state index in [-0.39, 0.29) is 17.5 Å². The summed E-state index contributed by atoms with van der Waals surface area (Å²) in [7, 11) is 1.63. The van der Waals surface area contributed by atoms with Crippen LogP contribution in [0, 0.1) is 0 Å². The molecule has 0 spiro atoms. The van der Waals surface area contributed by atoms with Crippen molar-refractivity contribution in [3.8, 4) is 5.75 Å². The SMILES string of the molecule is COc1ccc([C@H]2C3=C(CCCC3=O)NC3=C2C(=O)c2ccccc23)cc1. The van der Waals surface area contributed by atoms with Crippen molar-refractivity contribution in [1.82, 2.24) is 5.32 Å². The molecule has 27 heavy (non-hydrogen) atoms. The molecule has 0 unspecified atom stereocenters. The highest BCUT2D eigenvalue weighted by Gasteiger charge is 2.43. The normalized spacial score (nSPS) is 20.9. The number of fused-ring (bicyclic) bond motifs is 2. The van der Waals surface area contributed by atoms with Gasteiger partial charge in [-0.3, -0.25) is 9.59 Å². The summed E-state index contributed by atoms with van der Waals surface area (Å²) in [6, 6.07) is 15.4. The van der Waals surface area contributed by atoms with Crippen molar-refractivity contribution in [2.24, 2.45) is 0 Å². The number of rotatable bonds is 2. The largest absolute Gasteiger partial charge is 0.497 e. The van der Waals surface area contributed by atoms with Crippen LogP contribution in [0.2, 0.25) is 0 Å². The molecule has 0 amide bonds. The number of ketones is 2. The van der Waals surface area contributed by atoms with Gasteiger partial charge in [0.1, 0.15) is 5.75 Å². The molecular weight excluding hydrogens is 338 g/mol. The van der Waals surface area contributed by atoms with Gasteiger partial charge in [0.15, 0.2) is 11.6 Å². The smallest absolute Gasteiger partial charge is 0.192 e. The molecule has 2 aliphatic carbocycles. The molecule has 5 rings (SSSR count). The number of carbonyl (C=O) groups is 2. The quantitative estimate of drug-likeness (QED) is 0.883. The maximum atomic E-state index is 13.3. The first-order chi connectivity index (χ1) is 13.2. The Morgan fingerprint density at radius 2 is 1.67 bits per heavy atom. The van der Waals surface area contributed by atoms with Gasteiger partial charge in [-0.25, -0.2) is 0 Å². The van der Waals surface area contributed by atoms with Crippen molar-refractivity contribution in [3.63, 3.8) is 0 Å². The van der Waals surface area contributed by atoms with Crippen LogP contribution < -0.4 is 10.1 Å². The fourth-order valence-electron chi connectivity index (χ4n) is 4.47. The zero-order chi connectivity index (χ0) is 18.5. The number of hydrogen-bond donors (Lipinski definition) is 1. The average Bonchev–Trinajstić information content (AvgIpc) is 2.99. The van der Waals surface area contributed by atoms with Crippen LogP contribution in [-0.2, 0) is 4.79 Å². The molecule has 134 valence electrons. The number of carbonyl (C=O) groups excluding carboxylic acids is 2. The van der Waals surface area contributed by atoms with Gasteiger partial charge in [-0.05, 0) is 30.5 Å². The lowest BCUT2D eigenvalue weighted by Crippen LogP contribution is -2.31. The highest BCUT2D eigenvalue weighted by molar-refractivity contribution is 6.23. The molecule has 2 aromatic rings. The minimum atomic E-state index is -0.324. The second-order valence-electron chi connectivity index (χ2n) is 7.16. The van der Waals surface area contributed by atoms with E-state index in [0.717, 1.165) is 46.7 Å². The van der Waals surface area contributed by atoms with E-state index < -0.39 is 0 Å². The molecule has 0 aromatic heterocycles. The van der Waals surface area contributed by atoms with Gasteiger partial charge in [-0.2, -0.15) is 0 Å². The maximum Gasteiger partial charge on any atom is 0.192 e. The summed E-state index contributed by atoms with van der Waals surface area (Å²) in [6.45, 7) is 0. The van der Waals surface area contributed by atoms with Gasteiger partial charge in [-0.1, -0.05) is 36.4 Å². The van der Waals surface area contributed by atoms with Gasteiger partial charge in [0, 0.05) is 40.3 Å². The molecule has 0 radical (unpaired) electrons. The lowest BCUT2D eigenvalue weighted by atomic mass is 9.75. The summed E-state index contributed by atoms with van der Waals surface area (Å²) in [5, 5.41) is 3.45. The molecule has 1 heterocycles. The van der Waals surface area contributed by atoms with Crippen LogP contribution in [0.4, 0.5) is 0 Å². The Labute approximate surface area is 157 Å². The third-order valence-corrected chi connectivity index (χ3v) is 5.71. The lowest BCUT2D eigenvalue weighted by molar-refractivity contribution is -0.116. The second-order valence-corrected chi connectivity index (χ2v) is 7.16. The summed E-state index contributed by atoms with van der Waals surface area (Å²) in [5.41, 5.74) is 5.87. The van der Waals surface area contributed by atoms with E-state index in [9.17, 15) is 9.59 Å². The van der Waals surface area contributed by atoms with E-state index >= 15 is 0 Å². The number of hydrogen-bond acceptors (Lipinski definition) is 4. The Hall–Kier alpha value is -3.14. The third kappa shape index (κ3) is 2.29. The summed E-state index contributed by atoms with van der Waals surface area (Å²) < 4.78 is 5.27. The Morgan fingerprint density at radius 3 is 2.41 bits per heavy atom. The molecule has 1 N–H and O–H groups in total. The monoisotopic (exact) mass is 357 g/mol. The molecule has 2 aromatic carbocycles. The van der Waals surface area contributed by atoms with E-state index in [4.69, 9.17) is 4.74 Å². The molecule has 0 fully saturated rings. The van der Waals surface area contributed by atoms with Crippen LogP contribution in [-0.4, -0.2) is 18.7 Å². The number of ether oxygens (including phenoxy) is 1. The predicted octanol–water partition coefficient (Wildman–Crippen LogP) is 4.00. The van der Waals surface area contributed by atoms with Crippen LogP contribution in [0.25, 0.3) is 5.70 Å². The van der Waals surface area contributed by atoms with E-state index in [1.807, 2.05) is 48.5 Å². The van der Waals surface area contributed by atoms with Crippen molar-refractivity contribution >= 4 is 17.3 Å². The summed E-state index contributed by atoms with van der Waals surface area (Å²) in [4.78, 5) is 26.1. The molecule has 0 bridgehead atoms. The Morgan fingerprint density at radius 1 is 0.926 bits per heavy atom. The van der Waals surface area contributed by atoms with Crippen LogP contribution in [0.15, 0.2) is 65.4 Å². The zero-order valence-corrected chi connectivity index (χ0v) is 15.0. The molecular formula is C23H19NO3. The number of benzene rings is 2. The number of dihydropyridines is 1. The predicted molar refractivity (Wildman–Crippen MR) is 102 cm³/mol. The zero-order valence-electron chi connectivity index (χ0n) is 15.0. The van der Waals surface area contributed by atoms with Crippen molar-refractivity contribution in [3.05, 3.63) is 82.1 Å². The standard InChI is InChI=1S/C23H19NO3/c1-27-14-11-9-13(10-12-14)19-20-17(7-4-8-18(20)25)24-22-15-5-2-3-6-16(15)23(26)21(19)22/h2-3,5-6,9-12,19,24H,4,7-8H2,1H3/t19-/m0/s1. The van der Waals surface area contributed by atoms with Gasteiger partial charge >= 0.3 is 0 Å². The van der Waals surface area contributed by atoms with Crippen molar-refractivity contribution in [2.75, 3.05) is 7.11 Å². The highest BCUT2D eigenvalue weighted by Crippen LogP contribution is 2.48. The first-order valence-electron chi connectivity index (χ1n) is 9.24. The maximum absolute atomic E-state index is 13.3. The number of allylic oxidation sites excluding steroid dienone is 3. The van der Waals surface area contributed by atoms with E-state index in [1.165, 1.54) is 0 Å². The average molecular weight is 357 g/mol. The number of nitrogens with one attached hydrogen (secondary N) is 1. The van der Waals surface area contributed by atoms with Crippen molar-refractivity contribution < 1.29 is 14.3 Å². The molecule has 0 saturated heterocycles. The molecule has 1 aliphatic heterocycles. The van der Waals surface area contributed by atoms with Gasteiger partial charge in [0.2, 0.25) is 0 Å². The first kappa shape index (κ1) is 16.1. The van der Waals surface area contributed by atoms with Gasteiger partial charge in [0.05, 0.1) is 12.8 Å². The molecule has 1 atom stereocenters. The fourth-order valence-corrected chi connectivity index (χ4v) is 4.47. The van der Waals surface area contributed by atoms with Gasteiger partial charge < -0.3 is 10.1 Å². The minimum absolute atomic E-state index is 0.0128. The molecule has 3 aliphatic rings. The van der Waals surface area contributed by atoms with Crippen LogP contribution >= 0.6 is 0 Å². The first-order valence-corrected chi connectivity index (χ1v) is 9.24. The van der Waals surface area contributed by atoms with Crippen molar-refractivity contribution in [2.45, 2.75) is 25.2 Å². The minimum Gasteiger partial charge on any atom is -0.497 e. The summed E-state index contributed by atoms with van der Waals surface area (Å²) >= 11 is 0. The van der Waals surface area contributed by atoms with Gasteiger partial charge in [0.25, 0.3) is 0 Å².